The summed E-state index contributed by atoms with van der Waals surface area (Å²) in [5, 5.41) is 14.3. The highest BCUT2D eigenvalue weighted by Crippen LogP contribution is 2.45. The van der Waals surface area contributed by atoms with E-state index in [9.17, 15) is 19.5 Å². The largest absolute Gasteiger partial charge is 0.477 e. The highest BCUT2D eigenvalue weighted by Gasteiger charge is 2.54. The fraction of sp³-hybridized carbons (Fsp3) is 0.148. The van der Waals surface area contributed by atoms with Gasteiger partial charge >= 0.3 is 5.97 Å². The number of thioether (sulfide) groups is 2. The Morgan fingerprint density at radius 3 is 2.58 bits per heavy atom. The lowest BCUT2D eigenvalue weighted by Crippen LogP contribution is -2.70. The molecule has 0 radical (unpaired) electrons. The lowest BCUT2D eigenvalue weighted by molar-refractivity contribution is -0.150. The fourth-order valence-electron chi connectivity index (χ4n) is 4.59. The SMILES string of the molecule is O=C(Cc1ccccc1)N[C@@H]1C(=O)N2C(C(=O)O)=C(Sc3ccc4oc5ccccc5c4c3)CS[C@@H]12. The molecule has 1 fully saturated rings. The van der Waals surface area contributed by atoms with Gasteiger partial charge in [0.1, 0.15) is 28.3 Å². The third-order valence-corrected chi connectivity index (χ3v) is 8.79. The number of hydrogen-bond donors (Lipinski definition) is 2. The van der Waals surface area contributed by atoms with Crippen LogP contribution in [0.2, 0.25) is 0 Å². The predicted octanol–water partition coefficient (Wildman–Crippen LogP) is 4.62. The molecule has 0 unspecified atom stereocenters. The number of para-hydroxylation sites is 1. The predicted molar refractivity (Wildman–Crippen MR) is 139 cm³/mol. The van der Waals surface area contributed by atoms with Crippen LogP contribution in [0.15, 0.2) is 92.7 Å². The van der Waals surface area contributed by atoms with Gasteiger partial charge < -0.3 is 14.8 Å². The minimum atomic E-state index is -1.15. The quantitative estimate of drug-likeness (QED) is 0.361. The Labute approximate surface area is 214 Å². The minimum Gasteiger partial charge on any atom is -0.477 e. The van der Waals surface area contributed by atoms with Gasteiger partial charge in [0.2, 0.25) is 5.91 Å². The summed E-state index contributed by atoms with van der Waals surface area (Å²) in [6.07, 6.45) is 0.163. The number of benzene rings is 3. The summed E-state index contributed by atoms with van der Waals surface area (Å²) in [7, 11) is 0. The number of furan rings is 1. The molecule has 2 atom stereocenters. The van der Waals surface area contributed by atoms with Crippen LogP contribution >= 0.6 is 23.5 Å². The van der Waals surface area contributed by atoms with E-state index in [4.69, 9.17) is 4.42 Å². The van der Waals surface area contributed by atoms with Gasteiger partial charge in [-0.2, -0.15) is 0 Å². The van der Waals surface area contributed by atoms with E-state index in [1.807, 2.05) is 72.8 Å². The molecule has 2 N–H and O–H groups in total. The second kappa shape index (κ2) is 9.07. The van der Waals surface area contributed by atoms with E-state index in [0.717, 1.165) is 32.4 Å². The van der Waals surface area contributed by atoms with Crippen molar-refractivity contribution in [1.82, 2.24) is 10.2 Å². The number of carboxylic acids is 1. The van der Waals surface area contributed by atoms with Gasteiger partial charge in [-0.15, -0.1) is 11.8 Å². The van der Waals surface area contributed by atoms with Gasteiger partial charge in [-0.3, -0.25) is 14.5 Å². The third kappa shape index (κ3) is 3.94. The van der Waals surface area contributed by atoms with Crippen LogP contribution in [0.3, 0.4) is 0 Å². The topological polar surface area (TPSA) is 99.9 Å². The normalized spacial score (nSPS) is 19.3. The smallest absolute Gasteiger partial charge is 0.353 e. The molecule has 6 rings (SSSR count). The van der Waals surface area contributed by atoms with Crippen LogP contribution in [0, 0.1) is 0 Å². The molecule has 0 aliphatic carbocycles. The Balaban J connectivity index is 1.23. The van der Waals surface area contributed by atoms with Crippen LogP contribution in [0.4, 0.5) is 0 Å². The number of aliphatic carboxylic acids is 1. The number of carboxylic acid groups (broad SMARTS) is 1. The van der Waals surface area contributed by atoms with Gasteiger partial charge in [-0.05, 0) is 29.8 Å². The number of rotatable bonds is 6. The highest BCUT2D eigenvalue weighted by molar-refractivity contribution is 8.06. The highest BCUT2D eigenvalue weighted by atomic mass is 32.2. The molecule has 3 aromatic carbocycles. The molecule has 180 valence electrons. The summed E-state index contributed by atoms with van der Waals surface area (Å²) < 4.78 is 5.89. The zero-order valence-electron chi connectivity index (χ0n) is 18.8. The fourth-order valence-corrected chi connectivity index (χ4v) is 7.10. The summed E-state index contributed by atoms with van der Waals surface area (Å²) in [5.74, 6) is -1.39. The summed E-state index contributed by atoms with van der Waals surface area (Å²) in [4.78, 5) is 40.5. The standard InChI is InChI=1S/C27H20N2O5S2/c30-22(12-15-6-2-1-3-7-15)28-23-25(31)29-24(27(32)33)21(14-35-26(23)29)36-16-10-11-20-18(13-16)17-8-4-5-9-19(17)34-20/h1-11,13,23,26H,12,14H2,(H,28,30)(H,32,33)/t23-,26+/m1/s1. The first-order chi connectivity index (χ1) is 17.5. The number of fused-ring (bicyclic) bond motifs is 4. The summed E-state index contributed by atoms with van der Waals surface area (Å²) >= 11 is 2.80. The lowest BCUT2D eigenvalue weighted by atomic mass is 10.0. The molecule has 36 heavy (non-hydrogen) atoms. The van der Waals surface area contributed by atoms with E-state index in [1.54, 1.807) is 0 Å². The molecule has 2 amide bonds. The van der Waals surface area contributed by atoms with Crippen LogP contribution in [-0.2, 0) is 20.8 Å². The van der Waals surface area contributed by atoms with Gasteiger partial charge in [-0.1, -0.05) is 60.3 Å². The van der Waals surface area contributed by atoms with E-state index in [-0.39, 0.29) is 18.0 Å². The van der Waals surface area contributed by atoms with Gasteiger partial charge in [0, 0.05) is 26.3 Å². The first-order valence-corrected chi connectivity index (χ1v) is 13.2. The number of β-lactam (4-membered cyclic amide) rings is 1. The van der Waals surface area contributed by atoms with Gasteiger partial charge in [0.25, 0.3) is 5.91 Å². The van der Waals surface area contributed by atoms with Gasteiger partial charge in [0.05, 0.1) is 6.42 Å². The molecule has 3 heterocycles. The number of carbonyl (C=O) groups is 3. The molecule has 0 spiro atoms. The summed E-state index contributed by atoms with van der Waals surface area (Å²) in [5.41, 5.74) is 2.39. The Kier molecular flexibility index (Phi) is 5.73. The van der Waals surface area contributed by atoms with E-state index in [0.29, 0.717) is 10.7 Å². The molecule has 4 aromatic rings. The lowest BCUT2D eigenvalue weighted by Gasteiger charge is -2.49. The molecule has 0 saturated carbocycles. The van der Waals surface area contributed by atoms with Crippen LogP contribution in [0.5, 0.6) is 0 Å². The van der Waals surface area contributed by atoms with Crippen LogP contribution < -0.4 is 5.32 Å². The van der Waals surface area contributed by atoms with Crippen molar-refractivity contribution in [3.05, 3.63) is 89.0 Å². The molecule has 0 bridgehead atoms. The maximum Gasteiger partial charge on any atom is 0.353 e. The monoisotopic (exact) mass is 516 g/mol. The van der Waals surface area contributed by atoms with Crippen molar-refractivity contribution in [3.8, 4) is 0 Å². The first kappa shape index (κ1) is 22.8. The van der Waals surface area contributed by atoms with Crippen molar-refractivity contribution in [2.24, 2.45) is 0 Å². The Bertz CT molecular complexity index is 1560. The Morgan fingerprint density at radius 1 is 1.03 bits per heavy atom. The third-order valence-electron chi connectivity index (χ3n) is 6.25. The molecule has 1 aromatic heterocycles. The molecular weight excluding hydrogens is 496 g/mol. The van der Waals surface area contributed by atoms with Gasteiger partial charge in [-0.25, -0.2) is 4.79 Å². The number of nitrogens with zero attached hydrogens (tertiary/aromatic N) is 1. The average molecular weight is 517 g/mol. The van der Waals surface area contributed by atoms with Crippen LogP contribution in [-0.4, -0.2) is 45.0 Å². The van der Waals surface area contributed by atoms with Gasteiger partial charge in [0.15, 0.2) is 0 Å². The number of amides is 2. The Morgan fingerprint density at radius 2 is 1.78 bits per heavy atom. The maximum atomic E-state index is 13.0. The van der Waals surface area contributed by atoms with Crippen molar-refractivity contribution in [2.45, 2.75) is 22.7 Å². The Hall–Kier alpha value is -3.69. The second-order valence-corrected chi connectivity index (χ2v) is 10.8. The minimum absolute atomic E-state index is 0.0144. The van der Waals surface area contributed by atoms with E-state index in [2.05, 4.69) is 5.32 Å². The van der Waals surface area contributed by atoms with Crippen molar-refractivity contribution in [3.63, 3.8) is 0 Å². The molecule has 1 saturated heterocycles. The second-order valence-electron chi connectivity index (χ2n) is 8.55. The molecule has 7 nitrogen and oxygen atoms in total. The van der Waals surface area contributed by atoms with E-state index >= 15 is 0 Å². The zero-order valence-corrected chi connectivity index (χ0v) is 20.5. The maximum absolute atomic E-state index is 13.0. The van der Waals surface area contributed by atoms with Crippen molar-refractivity contribution < 1.29 is 23.9 Å². The van der Waals surface area contributed by atoms with E-state index in [1.165, 1.54) is 28.4 Å². The number of nitrogens with one attached hydrogen (secondary N) is 1. The molecular formula is C27H20N2O5S2. The molecule has 9 heteroatoms. The van der Waals surface area contributed by atoms with E-state index < -0.39 is 23.3 Å². The number of carbonyl (C=O) groups excluding carboxylic acids is 2. The molecule has 2 aliphatic heterocycles. The van der Waals surface area contributed by atoms with Crippen LogP contribution in [0.25, 0.3) is 21.9 Å². The summed E-state index contributed by atoms with van der Waals surface area (Å²) in [6, 6.07) is 22.1. The van der Waals surface area contributed by atoms with Crippen molar-refractivity contribution in [1.29, 1.82) is 0 Å². The van der Waals surface area contributed by atoms with Crippen molar-refractivity contribution in [2.75, 3.05) is 5.75 Å². The number of hydrogen-bond acceptors (Lipinski definition) is 6. The summed E-state index contributed by atoms with van der Waals surface area (Å²) in [6.45, 7) is 0. The van der Waals surface area contributed by atoms with Crippen molar-refractivity contribution >= 4 is 63.2 Å². The van der Waals surface area contributed by atoms with Crippen LogP contribution in [0.1, 0.15) is 5.56 Å². The first-order valence-electron chi connectivity index (χ1n) is 11.3. The zero-order chi connectivity index (χ0) is 24.8. The molecule has 2 aliphatic rings. The average Bonchev–Trinajstić information content (AvgIpc) is 3.25.